The van der Waals surface area contributed by atoms with E-state index in [1.54, 1.807) is 5.56 Å². The van der Waals surface area contributed by atoms with Crippen LogP contribution in [0.5, 0.6) is 0 Å². The molecule has 0 radical (unpaired) electrons. The number of rotatable bonds is 7. The predicted molar refractivity (Wildman–Crippen MR) is 88.1 cm³/mol. The monoisotopic (exact) mass is 276 g/mol. The molecule has 0 spiro atoms. The van der Waals surface area contributed by atoms with Gasteiger partial charge in [0.25, 0.3) is 0 Å². The second-order valence-corrected chi connectivity index (χ2v) is 6.33. The maximum atomic E-state index is 2.32. The zero-order valence-corrected chi connectivity index (χ0v) is 13.1. The van der Waals surface area contributed by atoms with Crippen LogP contribution in [-0.4, -0.2) is 5.48 Å². The van der Waals surface area contributed by atoms with Crippen LogP contribution in [0.3, 0.4) is 0 Å². The van der Waals surface area contributed by atoms with Crippen molar-refractivity contribution in [2.24, 2.45) is 5.92 Å². The largest absolute Gasteiger partial charge is 0.412 e. The fourth-order valence-electron chi connectivity index (χ4n) is 3.55. The molecule has 0 unspecified atom stereocenters. The lowest BCUT2D eigenvalue weighted by Gasteiger charge is -2.28. The summed E-state index contributed by atoms with van der Waals surface area (Å²) in [6.07, 6.45) is 14.4. The van der Waals surface area contributed by atoms with Gasteiger partial charge in [0, 0.05) is 0 Å². The maximum absolute atomic E-state index is 2.32. The van der Waals surface area contributed by atoms with Crippen molar-refractivity contribution in [1.82, 2.24) is 0 Å². The Morgan fingerprint density at radius 2 is 1.50 bits per heavy atom. The van der Waals surface area contributed by atoms with E-state index in [1.165, 1.54) is 64.2 Å². The van der Waals surface area contributed by atoms with Gasteiger partial charge in [0.1, 0.15) is 0 Å². The molecule has 1 fully saturated rings. The normalized spacial score (nSPS) is 22.2. The molecule has 1 saturated carbocycles. The van der Waals surface area contributed by atoms with E-state index in [0.717, 1.165) is 11.8 Å². The van der Waals surface area contributed by atoms with Crippen LogP contribution in [0.4, 0.5) is 0 Å². The molecule has 20 heavy (non-hydrogen) atoms. The lowest BCUT2D eigenvalue weighted by Crippen LogP contribution is -2.13. The first-order valence-corrected chi connectivity index (χ1v) is 8.45. The molecule has 2 rings (SSSR count). The Bertz CT molecular complexity index is 325. The number of hydrogen-bond donors (Lipinski definition) is 0. The third-order valence-electron chi connectivity index (χ3n) is 4.83. The standard InChI is InChI=1S/C19H30.H2O/c1-2-3-4-5-7-10-17-13-15-19(16-14-17)18-11-8-6-9-12-18;/h6,8-9,11-12,17,19H,2-5,7,10,13-16H2,1H3;1H2. The molecule has 0 aliphatic heterocycles. The SMILES string of the molecule is CCCCCCCC1CCC(c2ccccc2)CC1.O. The molecule has 0 saturated heterocycles. The summed E-state index contributed by atoms with van der Waals surface area (Å²) in [5.41, 5.74) is 1.57. The molecule has 0 atom stereocenters. The van der Waals surface area contributed by atoms with Crippen LogP contribution in [0.15, 0.2) is 30.3 Å². The lowest BCUT2D eigenvalue weighted by atomic mass is 9.77. The topological polar surface area (TPSA) is 31.5 Å². The van der Waals surface area contributed by atoms with Gasteiger partial charge in [0.05, 0.1) is 0 Å². The van der Waals surface area contributed by atoms with Crippen molar-refractivity contribution in [3.63, 3.8) is 0 Å². The van der Waals surface area contributed by atoms with Crippen molar-refractivity contribution in [3.05, 3.63) is 35.9 Å². The molecule has 1 nitrogen and oxygen atoms in total. The summed E-state index contributed by atoms with van der Waals surface area (Å²) in [7, 11) is 0. The Hall–Kier alpha value is -0.820. The lowest BCUT2D eigenvalue weighted by molar-refractivity contribution is 0.302. The fourth-order valence-corrected chi connectivity index (χ4v) is 3.55. The second kappa shape index (κ2) is 9.99. The highest BCUT2D eigenvalue weighted by Crippen LogP contribution is 2.37. The van der Waals surface area contributed by atoms with E-state index in [-0.39, 0.29) is 5.48 Å². The van der Waals surface area contributed by atoms with Crippen molar-refractivity contribution >= 4 is 0 Å². The summed E-state index contributed by atoms with van der Waals surface area (Å²) >= 11 is 0. The van der Waals surface area contributed by atoms with Crippen molar-refractivity contribution in [2.75, 3.05) is 0 Å². The summed E-state index contributed by atoms with van der Waals surface area (Å²) < 4.78 is 0. The maximum Gasteiger partial charge on any atom is -0.0162 e. The van der Waals surface area contributed by atoms with Crippen LogP contribution >= 0.6 is 0 Å². The molecule has 0 aromatic heterocycles. The molecule has 1 heteroatoms. The van der Waals surface area contributed by atoms with Gasteiger partial charge in [-0.2, -0.15) is 0 Å². The van der Waals surface area contributed by atoms with Crippen LogP contribution in [0, 0.1) is 5.92 Å². The molecule has 1 aliphatic rings. The summed E-state index contributed by atoms with van der Waals surface area (Å²) in [5.74, 6) is 1.87. The van der Waals surface area contributed by atoms with Gasteiger partial charge < -0.3 is 5.48 Å². The predicted octanol–water partition coefficient (Wildman–Crippen LogP) is 5.50. The summed E-state index contributed by atoms with van der Waals surface area (Å²) in [5, 5.41) is 0. The van der Waals surface area contributed by atoms with Crippen LogP contribution in [-0.2, 0) is 0 Å². The van der Waals surface area contributed by atoms with Crippen molar-refractivity contribution in [1.29, 1.82) is 0 Å². The summed E-state index contributed by atoms with van der Waals surface area (Å²) in [4.78, 5) is 0. The van der Waals surface area contributed by atoms with E-state index >= 15 is 0 Å². The Morgan fingerprint density at radius 3 is 2.15 bits per heavy atom. The van der Waals surface area contributed by atoms with Gasteiger partial charge >= 0.3 is 0 Å². The molecule has 0 heterocycles. The van der Waals surface area contributed by atoms with Gasteiger partial charge in [-0.05, 0) is 43.1 Å². The Kier molecular flexibility index (Phi) is 8.60. The molecule has 114 valence electrons. The first kappa shape index (κ1) is 17.2. The molecular formula is C19H32O. The van der Waals surface area contributed by atoms with E-state index in [0.29, 0.717) is 0 Å². The summed E-state index contributed by atoms with van der Waals surface area (Å²) in [6.45, 7) is 2.30. The fraction of sp³-hybridized carbons (Fsp3) is 0.684. The minimum Gasteiger partial charge on any atom is -0.412 e. The van der Waals surface area contributed by atoms with Gasteiger partial charge in [-0.25, -0.2) is 0 Å². The molecule has 1 aromatic carbocycles. The highest BCUT2D eigenvalue weighted by molar-refractivity contribution is 5.19. The van der Waals surface area contributed by atoms with Crippen molar-refractivity contribution in [3.8, 4) is 0 Å². The third-order valence-corrected chi connectivity index (χ3v) is 4.83. The van der Waals surface area contributed by atoms with Gasteiger partial charge in [-0.3, -0.25) is 0 Å². The van der Waals surface area contributed by atoms with Crippen LogP contribution in [0.1, 0.15) is 82.6 Å². The minimum absolute atomic E-state index is 0. The Morgan fingerprint density at radius 1 is 0.850 bits per heavy atom. The second-order valence-electron chi connectivity index (χ2n) is 6.33. The third kappa shape index (κ3) is 5.66. The highest BCUT2D eigenvalue weighted by atomic mass is 16.0. The van der Waals surface area contributed by atoms with E-state index in [2.05, 4.69) is 37.3 Å². The molecule has 2 N–H and O–H groups in total. The van der Waals surface area contributed by atoms with E-state index < -0.39 is 0 Å². The van der Waals surface area contributed by atoms with Crippen LogP contribution in [0.2, 0.25) is 0 Å². The van der Waals surface area contributed by atoms with E-state index in [9.17, 15) is 0 Å². The van der Waals surface area contributed by atoms with Crippen molar-refractivity contribution in [2.45, 2.75) is 77.0 Å². The Labute approximate surface area is 125 Å². The van der Waals surface area contributed by atoms with Gasteiger partial charge in [-0.15, -0.1) is 0 Å². The molecule has 0 bridgehead atoms. The van der Waals surface area contributed by atoms with Crippen molar-refractivity contribution < 1.29 is 5.48 Å². The first-order valence-electron chi connectivity index (χ1n) is 8.45. The average molecular weight is 276 g/mol. The number of unbranched alkanes of at least 4 members (excludes halogenated alkanes) is 4. The van der Waals surface area contributed by atoms with Gasteiger partial charge in [-0.1, -0.05) is 75.8 Å². The minimum atomic E-state index is 0. The molecule has 0 amide bonds. The van der Waals surface area contributed by atoms with E-state index in [4.69, 9.17) is 0 Å². The quantitative estimate of drug-likeness (QED) is 0.589. The number of benzene rings is 1. The van der Waals surface area contributed by atoms with Crippen LogP contribution < -0.4 is 0 Å². The number of hydrogen-bond acceptors (Lipinski definition) is 0. The van der Waals surface area contributed by atoms with E-state index in [1.807, 2.05) is 0 Å². The first-order chi connectivity index (χ1) is 9.40. The molecular weight excluding hydrogens is 244 g/mol. The average Bonchev–Trinajstić information content (AvgIpc) is 2.49. The molecule has 1 aliphatic carbocycles. The van der Waals surface area contributed by atoms with Gasteiger partial charge in [0.2, 0.25) is 0 Å². The van der Waals surface area contributed by atoms with Crippen LogP contribution in [0.25, 0.3) is 0 Å². The zero-order chi connectivity index (χ0) is 13.3. The Balaban J connectivity index is 0.00000200. The highest BCUT2D eigenvalue weighted by Gasteiger charge is 2.21. The van der Waals surface area contributed by atoms with Gasteiger partial charge in [0.15, 0.2) is 0 Å². The smallest absolute Gasteiger partial charge is 0.0162 e. The zero-order valence-electron chi connectivity index (χ0n) is 13.1. The molecule has 1 aromatic rings. The summed E-state index contributed by atoms with van der Waals surface area (Å²) in [6, 6.07) is 11.1.